The van der Waals surface area contributed by atoms with E-state index >= 15 is 0 Å². The van der Waals surface area contributed by atoms with E-state index in [1.165, 1.54) is 16.7 Å². The molecule has 0 N–H and O–H groups in total. The Labute approximate surface area is 140 Å². The lowest BCUT2D eigenvalue weighted by atomic mass is 9.93. The van der Waals surface area contributed by atoms with Crippen LogP contribution in [0, 0.1) is 0 Å². The molecular formula is C19H20BrNO. The van der Waals surface area contributed by atoms with E-state index in [2.05, 4.69) is 77.4 Å². The van der Waals surface area contributed by atoms with Crippen molar-refractivity contribution in [2.75, 3.05) is 20.6 Å². The summed E-state index contributed by atoms with van der Waals surface area (Å²) in [6.45, 7) is 1.65. The zero-order valence-electron chi connectivity index (χ0n) is 13.0. The van der Waals surface area contributed by atoms with Crippen LogP contribution in [0.3, 0.4) is 0 Å². The minimum absolute atomic E-state index is 0.608. The number of rotatable bonds is 3. The fourth-order valence-corrected chi connectivity index (χ4v) is 3.24. The molecule has 0 fully saturated rings. The lowest BCUT2D eigenvalue weighted by molar-refractivity contribution is 0.305. The van der Waals surface area contributed by atoms with Crippen molar-refractivity contribution in [3.63, 3.8) is 0 Å². The average molecular weight is 358 g/mol. The molecule has 3 rings (SSSR count). The third-order valence-corrected chi connectivity index (χ3v) is 4.49. The van der Waals surface area contributed by atoms with E-state index in [0.717, 1.165) is 28.8 Å². The van der Waals surface area contributed by atoms with Crippen molar-refractivity contribution in [2.45, 2.75) is 13.0 Å². The Morgan fingerprint density at radius 1 is 1.09 bits per heavy atom. The van der Waals surface area contributed by atoms with Gasteiger partial charge in [0, 0.05) is 12.1 Å². The van der Waals surface area contributed by atoms with Gasteiger partial charge in [0.15, 0.2) is 0 Å². The van der Waals surface area contributed by atoms with Crippen LogP contribution in [-0.2, 0) is 6.61 Å². The van der Waals surface area contributed by atoms with Gasteiger partial charge in [-0.3, -0.25) is 0 Å². The minimum atomic E-state index is 0.608. The molecule has 0 unspecified atom stereocenters. The molecular weight excluding hydrogens is 338 g/mol. The lowest BCUT2D eigenvalue weighted by Crippen LogP contribution is -2.12. The summed E-state index contributed by atoms with van der Waals surface area (Å²) in [7, 11) is 4.21. The molecule has 0 radical (unpaired) electrons. The van der Waals surface area contributed by atoms with Crippen LogP contribution < -0.4 is 4.74 Å². The van der Waals surface area contributed by atoms with Crippen LogP contribution in [-0.4, -0.2) is 25.5 Å². The summed E-state index contributed by atoms with van der Waals surface area (Å²) < 4.78 is 7.08. The summed E-state index contributed by atoms with van der Waals surface area (Å²) in [6, 6.07) is 14.8. The summed E-state index contributed by atoms with van der Waals surface area (Å²) in [5.74, 6) is 0.940. The monoisotopic (exact) mass is 357 g/mol. The Bertz CT molecular complexity index is 706. The maximum Gasteiger partial charge on any atom is 0.141 e. The largest absolute Gasteiger partial charge is 0.487 e. The molecule has 0 saturated carbocycles. The molecule has 1 aliphatic rings. The van der Waals surface area contributed by atoms with Crippen LogP contribution in [0.1, 0.15) is 23.1 Å². The van der Waals surface area contributed by atoms with Gasteiger partial charge in [-0.2, -0.15) is 0 Å². The Kier molecular flexibility index (Phi) is 4.65. The highest BCUT2D eigenvalue weighted by molar-refractivity contribution is 9.10. The first-order valence-corrected chi connectivity index (χ1v) is 8.31. The summed E-state index contributed by atoms with van der Waals surface area (Å²) in [4.78, 5) is 2.21. The maximum absolute atomic E-state index is 6.07. The number of para-hydroxylation sites is 1. The van der Waals surface area contributed by atoms with E-state index < -0.39 is 0 Å². The summed E-state index contributed by atoms with van der Waals surface area (Å²) >= 11 is 3.62. The van der Waals surface area contributed by atoms with Gasteiger partial charge in [0.05, 0.1) is 4.47 Å². The molecule has 0 atom stereocenters. The molecule has 0 saturated heterocycles. The van der Waals surface area contributed by atoms with Gasteiger partial charge < -0.3 is 9.64 Å². The molecule has 0 spiro atoms. The van der Waals surface area contributed by atoms with Gasteiger partial charge in [-0.25, -0.2) is 0 Å². The van der Waals surface area contributed by atoms with Gasteiger partial charge in [-0.05, 0) is 59.2 Å². The predicted molar refractivity (Wildman–Crippen MR) is 95.2 cm³/mol. The van der Waals surface area contributed by atoms with Crippen molar-refractivity contribution in [3.8, 4) is 5.75 Å². The van der Waals surface area contributed by atoms with Gasteiger partial charge in [0.1, 0.15) is 12.4 Å². The standard InChI is InChI=1S/C19H20BrNO/c1-21(2)12-6-10-16-15-8-4-3-7-14(15)13-22-19-17(16)9-5-11-18(19)20/h3-5,7-11H,6,12-13H2,1-2H3. The van der Waals surface area contributed by atoms with E-state index in [0.29, 0.717) is 6.61 Å². The first-order chi connectivity index (χ1) is 10.7. The molecule has 114 valence electrons. The molecule has 2 aromatic rings. The molecule has 0 bridgehead atoms. The third-order valence-electron chi connectivity index (χ3n) is 3.86. The van der Waals surface area contributed by atoms with Crippen molar-refractivity contribution in [2.24, 2.45) is 0 Å². The number of hydrogen-bond acceptors (Lipinski definition) is 2. The quantitative estimate of drug-likeness (QED) is 0.787. The Morgan fingerprint density at radius 2 is 1.86 bits per heavy atom. The summed E-state index contributed by atoms with van der Waals surface area (Å²) in [5.41, 5.74) is 4.95. The molecule has 0 amide bonds. The second-order valence-corrected chi connectivity index (χ2v) is 6.63. The Hall–Kier alpha value is -1.58. The maximum atomic E-state index is 6.07. The van der Waals surface area contributed by atoms with Crippen molar-refractivity contribution in [1.82, 2.24) is 4.90 Å². The third kappa shape index (κ3) is 3.11. The predicted octanol–water partition coefficient (Wildman–Crippen LogP) is 4.72. The SMILES string of the molecule is CN(C)CCC=C1c2ccccc2COc2c(Br)cccc21. The van der Waals surface area contributed by atoms with E-state index in [-0.39, 0.29) is 0 Å². The van der Waals surface area contributed by atoms with E-state index in [1.807, 2.05) is 6.07 Å². The van der Waals surface area contributed by atoms with Crippen LogP contribution in [0.5, 0.6) is 5.75 Å². The molecule has 2 aromatic carbocycles. The van der Waals surface area contributed by atoms with Gasteiger partial charge in [-0.1, -0.05) is 42.5 Å². The van der Waals surface area contributed by atoms with Gasteiger partial charge >= 0.3 is 0 Å². The second-order valence-electron chi connectivity index (χ2n) is 5.77. The fourth-order valence-electron chi connectivity index (χ4n) is 2.76. The van der Waals surface area contributed by atoms with Gasteiger partial charge in [-0.15, -0.1) is 0 Å². The van der Waals surface area contributed by atoms with Crippen LogP contribution >= 0.6 is 15.9 Å². The molecule has 1 heterocycles. The number of benzene rings is 2. The zero-order chi connectivity index (χ0) is 15.5. The fraction of sp³-hybridized carbons (Fsp3) is 0.263. The van der Waals surface area contributed by atoms with Crippen molar-refractivity contribution >= 4 is 21.5 Å². The number of ether oxygens (including phenoxy) is 1. The van der Waals surface area contributed by atoms with Crippen LogP contribution in [0.25, 0.3) is 5.57 Å². The van der Waals surface area contributed by atoms with Crippen molar-refractivity contribution < 1.29 is 4.74 Å². The highest BCUT2D eigenvalue weighted by Crippen LogP contribution is 2.40. The zero-order valence-corrected chi connectivity index (χ0v) is 14.6. The van der Waals surface area contributed by atoms with E-state index in [1.54, 1.807) is 0 Å². The van der Waals surface area contributed by atoms with Crippen LogP contribution in [0.15, 0.2) is 53.0 Å². The average Bonchev–Trinajstić information content (AvgIpc) is 2.66. The summed E-state index contributed by atoms with van der Waals surface area (Å²) in [5, 5.41) is 0. The first kappa shape index (κ1) is 15.3. The van der Waals surface area contributed by atoms with Crippen molar-refractivity contribution in [3.05, 3.63) is 69.7 Å². The number of halogens is 1. The Balaban J connectivity index is 2.11. The van der Waals surface area contributed by atoms with E-state index in [4.69, 9.17) is 4.74 Å². The van der Waals surface area contributed by atoms with Gasteiger partial charge in [0.2, 0.25) is 0 Å². The molecule has 1 aliphatic heterocycles. The first-order valence-electron chi connectivity index (χ1n) is 7.51. The number of fused-ring (bicyclic) bond motifs is 2. The topological polar surface area (TPSA) is 12.5 Å². The van der Waals surface area contributed by atoms with E-state index in [9.17, 15) is 0 Å². The smallest absolute Gasteiger partial charge is 0.141 e. The van der Waals surface area contributed by atoms with Crippen LogP contribution in [0.4, 0.5) is 0 Å². The van der Waals surface area contributed by atoms with Gasteiger partial charge in [0.25, 0.3) is 0 Å². The number of nitrogens with zero attached hydrogens (tertiary/aromatic N) is 1. The molecule has 0 aliphatic carbocycles. The normalized spacial score (nSPS) is 15.2. The molecule has 2 nitrogen and oxygen atoms in total. The van der Waals surface area contributed by atoms with Crippen molar-refractivity contribution in [1.29, 1.82) is 0 Å². The van der Waals surface area contributed by atoms with Crippen LogP contribution in [0.2, 0.25) is 0 Å². The lowest BCUT2D eigenvalue weighted by Gasteiger charge is -2.13. The number of hydrogen-bond donors (Lipinski definition) is 0. The molecule has 0 aromatic heterocycles. The minimum Gasteiger partial charge on any atom is -0.487 e. The molecule has 22 heavy (non-hydrogen) atoms. The highest BCUT2D eigenvalue weighted by Gasteiger charge is 2.20. The highest BCUT2D eigenvalue weighted by atomic mass is 79.9. The Morgan fingerprint density at radius 3 is 2.68 bits per heavy atom. The molecule has 3 heteroatoms. The second kappa shape index (κ2) is 6.67. The summed E-state index contributed by atoms with van der Waals surface area (Å²) in [6.07, 6.45) is 3.35.